The van der Waals surface area contributed by atoms with Crippen LogP contribution in [0.3, 0.4) is 0 Å². The van der Waals surface area contributed by atoms with E-state index in [0.717, 1.165) is 0 Å². The number of hydrogen-bond acceptors (Lipinski definition) is 4. The molecule has 0 bridgehead atoms. The summed E-state index contributed by atoms with van der Waals surface area (Å²) in [6.07, 6.45) is 1.42. The van der Waals surface area contributed by atoms with Crippen molar-refractivity contribution in [2.75, 3.05) is 6.61 Å². The van der Waals surface area contributed by atoms with Gasteiger partial charge < -0.3 is 9.84 Å². The van der Waals surface area contributed by atoms with Gasteiger partial charge in [0.25, 0.3) is 0 Å². The number of carboxylic acids is 1. The van der Waals surface area contributed by atoms with Gasteiger partial charge >= 0.3 is 5.97 Å². The number of carbonyl (C=O) groups is 1. The second kappa shape index (κ2) is 4.56. The molecular formula is C7H11N3O3. The summed E-state index contributed by atoms with van der Waals surface area (Å²) in [5.41, 5.74) is 0. The Balaban J connectivity index is 2.40. The van der Waals surface area contributed by atoms with E-state index in [1.165, 1.54) is 6.33 Å². The van der Waals surface area contributed by atoms with E-state index in [1.54, 1.807) is 4.68 Å². The van der Waals surface area contributed by atoms with Crippen molar-refractivity contribution in [3.05, 3.63) is 12.2 Å². The minimum Gasteiger partial charge on any atom is -0.480 e. The molecule has 0 aliphatic heterocycles. The third-order valence-corrected chi connectivity index (χ3v) is 1.45. The van der Waals surface area contributed by atoms with Crippen LogP contribution in [0.4, 0.5) is 0 Å². The number of rotatable bonds is 5. The topological polar surface area (TPSA) is 77.2 Å². The third-order valence-electron chi connectivity index (χ3n) is 1.45. The van der Waals surface area contributed by atoms with E-state index in [-0.39, 0.29) is 13.2 Å². The van der Waals surface area contributed by atoms with Gasteiger partial charge in [0, 0.05) is 6.54 Å². The lowest BCUT2D eigenvalue weighted by Gasteiger charge is -2.01. The standard InChI is InChI=1S/C7H11N3O3/c1-2-10-6(8-5-9-10)3-13-4-7(11)12/h5H,2-4H2,1H3,(H,11,12). The Labute approximate surface area is 75.2 Å². The Morgan fingerprint density at radius 3 is 3.15 bits per heavy atom. The summed E-state index contributed by atoms with van der Waals surface area (Å²) in [5.74, 6) is -0.341. The first-order chi connectivity index (χ1) is 6.24. The van der Waals surface area contributed by atoms with Gasteiger partial charge in [0.1, 0.15) is 19.5 Å². The van der Waals surface area contributed by atoms with Gasteiger partial charge in [-0.05, 0) is 6.92 Å². The van der Waals surface area contributed by atoms with Crippen LogP contribution in [-0.2, 0) is 22.7 Å². The molecule has 0 aliphatic carbocycles. The summed E-state index contributed by atoms with van der Waals surface area (Å²) in [4.78, 5) is 14.0. The van der Waals surface area contributed by atoms with E-state index in [0.29, 0.717) is 12.4 Å². The number of aliphatic carboxylic acids is 1. The first-order valence-electron chi connectivity index (χ1n) is 3.90. The number of hydrogen-bond donors (Lipinski definition) is 1. The quantitative estimate of drug-likeness (QED) is 0.693. The molecule has 13 heavy (non-hydrogen) atoms. The zero-order chi connectivity index (χ0) is 9.68. The molecule has 0 spiro atoms. The zero-order valence-electron chi connectivity index (χ0n) is 7.30. The summed E-state index contributed by atoms with van der Waals surface area (Å²) < 4.78 is 6.51. The van der Waals surface area contributed by atoms with E-state index in [1.807, 2.05) is 6.92 Å². The molecule has 1 rings (SSSR count). The fraction of sp³-hybridized carbons (Fsp3) is 0.571. The highest BCUT2D eigenvalue weighted by Gasteiger charge is 2.03. The third kappa shape index (κ3) is 2.83. The van der Waals surface area contributed by atoms with Crippen molar-refractivity contribution in [1.82, 2.24) is 14.8 Å². The fourth-order valence-corrected chi connectivity index (χ4v) is 0.894. The molecule has 6 nitrogen and oxygen atoms in total. The molecule has 72 valence electrons. The predicted molar refractivity (Wildman–Crippen MR) is 43.0 cm³/mol. The maximum atomic E-state index is 10.1. The van der Waals surface area contributed by atoms with Crippen molar-refractivity contribution in [1.29, 1.82) is 0 Å². The molecule has 0 radical (unpaired) electrons. The lowest BCUT2D eigenvalue weighted by atomic mass is 10.6. The number of aryl methyl sites for hydroxylation is 1. The van der Waals surface area contributed by atoms with Crippen molar-refractivity contribution >= 4 is 5.97 Å². The Hall–Kier alpha value is -1.43. The van der Waals surface area contributed by atoms with Crippen molar-refractivity contribution in [3.8, 4) is 0 Å². The van der Waals surface area contributed by atoms with Gasteiger partial charge in [-0.15, -0.1) is 0 Å². The Bertz CT molecular complexity index is 284. The SMILES string of the molecule is CCn1ncnc1COCC(=O)O. The molecule has 0 unspecified atom stereocenters. The highest BCUT2D eigenvalue weighted by Crippen LogP contribution is 1.95. The predicted octanol–water partition coefficient (Wildman–Crippen LogP) is -0.101. The van der Waals surface area contributed by atoms with Crippen molar-refractivity contribution < 1.29 is 14.6 Å². The Morgan fingerprint density at radius 1 is 1.77 bits per heavy atom. The summed E-state index contributed by atoms with van der Waals surface area (Å²) in [7, 11) is 0. The van der Waals surface area contributed by atoms with Crippen LogP contribution < -0.4 is 0 Å². The molecule has 0 aromatic carbocycles. The minimum atomic E-state index is -0.984. The average molecular weight is 185 g/mol. The lowest BCUT2D eigenvalue weighted by Crippen LogP contribution is -2.10. The highest BCUT2D eigenvalue weighted by molar-refractivity contribution is 5.67. The molecular weight excluding hydrogens is 174 g/mol. The molecule has 6 heteroatoms. The Morgan fingerprint density at radius 2 is 2.54 bits per heavy atom. The van der Waals surface area contributed by atoms with E-state index in [4.69, 9.17) is 9.84 Å². The van der Waals surface area contributed by atoms with Crippen LogP contribution in [0.15, 0.2) is 6.33 Å². The first kappa shape index (κ1) is 9.66. The number of nitrogens with zero attached hydrogens (tertiary/aromatic N) is 3. The van der Waals surface area contributed by atoms with Crippen LogP contribution in [-0.4, -0.2) is 32.4 Å². The molecule has 0 saturated heterocycles. The molecule has 1 aromatic rings. The molecule has 0 amide bonds. The van der Waals surface area contributed by atoms with E-state index in [9.17, 15) is 4.79 Å². The molecule has 0 fully saturated rings. The van der Waals surface area contributed by atoms with Gasteiger partial charge in [-0.1, -0.05) is 0 Å². The van der Waals surface area contributed by atoms with E-state index >= 15 is 0 Å². The van der Waals surface area contributed by atoms with Crippen LogP contribution in [0.5, 0.6) is 0 Å². The summed E-state index contributed by atoms with van der Waals surface area (Å²) >= 11 is 0. The van der Waals surface area contributed by atoms with Crippen molar-refractivity contribution in [3.63, 3.8) is 0 Å². The fourth-order valence-electron chi connectivity index (χ4n) is 0.894. The van der Waals surface area contributed by atoms with Gasteiger partial charge in [0.15, 0.2) is 5.82 Å². The number of ether oxygens (including phenoxy) is 1. The molecule has 0 atom stereocenters. The second-order valence-electron chi connectivity index (χ2n) is 2.38. The monoisotopic (exact) mass is 185 g/mol. The molecule has 1 N–H and O–H groups in total. The average Bonchev–Trinajstić information content (AvgIpc) is 2.51. The molecule has 1 aromatic heterocycles. The van der Waals surface area contributed by atoms with Gasteiger partial charge in [0.05, 0.1) is 0 Å². The Kier molecular flexibility index (Phi) is 3.39. The lowest BCUT2D eigenvalue weighted by molar-refractivity contribution is -0.142. The second-order valence-corrected chi connectivity index (χ2v) is 2.38. The van der Waals surface area contributed by atoms with Gasteiger partial charge in [-0.2, -0.15) is 5.10 Å². The van der Waals surface area contributed by atoms with E-state index < -0.39 is 5.97 Å². The van der Waals surface area contributed by atoms with Crippen LogP contribution in [0.1, 0.15) is 12.7 Å². The van der Waals surface area contributed by atoms with Crippen molar-refractivity contribution in [2.24, 2.45) is 0 Å². The zero-order valence-corrected chi connectivity index (χ0v) is 7.30. The largest absolute Gasteiger partial charge is 0.480 e. The maximum absolute atomic E-state index is 10.1. The summed E-state index contributed by atoms with van der Waals surface area (Å²) in [6.45, 7) is 2.50. The smallest absolute Gasteiger partial charge is 0.329 e. The number of carboxylic acid groups (broad SMARTS) is 1. The maximum Gasteiger partial charge on any atom is 0.329 e. The van der Waals surface area contributed by atoms with Gasteiger partial charge in [-0.3, -0.25) is 0 Å². The van der Waals surface area contributed by atoms with Crippen LogP contribution in [0, 0.1) is 0 Å². The first-order valence-corrected chi connectivity index (χ1v) is 3.90. The van der Waals surface area contributed by atoms with Crippen molar-refractivity contribution in [2.45, 2.75) is 20.1 Å². The van der Waals surface area contributed by atoms with Crippen LogP contribution >= 0.6 is 0 Å². The molecule has 1 heterocycles. The molecule has 0 saturated carbocycles. The van der Waals surface area contributed by atoms with Gasteiger partial charge in [0.2, 0.25) is 0 Å². The minimum absolute atomic E-state index is 0.181. The highest BCUT2D eigenvalue weighted by atomic mass is 16.5. The number of aromatic nitrogens is 3. The molecule has 0 aliphatic rings. The normalized spacial score (nSPS) is 10.2. The van der Waals surface area contributed by atoms with Crippen LogP contribution in [0.25, 0.3) is 0 Å². The summed E-state index contributed by atoms with van der Waals surface area (Å²) in [6, 6.07) is 0. The van der Waals surface area contributed by atoms with E-state index in [2.05, 4.69) is 10.1 Å². The summed E-state index contributed by atoms with van der Waals surface area (Å²) in [5, 5.41) is 12.2. The van der Waals surface area contributed by atoms with Gasteiger partial charge in [-0.25, -0.2) is 14.5 Å². The van der Waals surface area contributed by atoms with Crippen LogP contribution in [0.2, 0.25) is 0 Å².